The van der Waals surface area contributed by atoms with Crippen LogP contribution < -0.4 is 0 Å². The third-order valence-corrected chi connectivity index (χ3v) is 3.34. The fourth-order valence-corrected chi connectivity index (χ4v) is 2.13. The molecule has 13 heavy (non-hydrogen) atoms. The number of thioether (sulfide) groups is 1. The zero-order chi connectivity index (χ0) is 9.68. The van der Waals surface area contributed by atoms with E-state index in [4.69, 9.17) is 0 Å². The molecule has 0 fully saturated rings. The van der Waals surface area contributed by atoms with Gasteiger partial charge in [0, 0.05) is 16.0 Å². The van der Waals surface area contributed by atoms with Gasteiger partial charge in [0.1, 0.15) is 5.82 Å². The molecule has 0 aliphatic heterocycles. The molecule has 1 rings (SSSR count). The molecule has 0 bridgehead atoms. The van der Waals surface area contributed by atoms with Gasteiger partial charge in [0.2, 0.25) is 0 Å². The Bertz CT molecular complexity index is 252. The van der Waals surface area contributed by atoms with Gasteiger partial charge in [0.15, 0.2) is 0 Å². The number of alkyl halides is 1. The molecule has 0 aliphatic carbocycles. The Morgan fingerprint density at radius 3 is 2.54 bits per heavy atom. The summed E-state index contributed by atoms with van der Waals surface area (Å²) >= 11 is 4.69. The van der Waals surface area contributed by atoms with Gasteiger partial charge in [0.05, 0.1) is 6.10 Å². The van der Waals surface area contributed by atoms with Crippen molar-refractivity contribution in [2.45, 2.75) is 11.0 Å². The summed E-state index contributed by atoms with van der Waals surface area (Å²) in [5.74, 6) is 0.391. The summed E-state index contributed by atoms with van der Waals surface area (Å²) < 4.78 is 12.5. The van der Waals surface area contributed by atoms with Crippen LogP contribution >= 0.6 is 27.7 Å². The van der Waals surface area contributed by atoms with Crippen molar-refractivity contribution in [3.63, 3.8) is 0 Å². The fraction of sp³-hybridized carbons (Fsp3) is 0.333. The molecule has 0 saturated carbocycles. The summed E-state index contributed by atoms with van der Waals surface area (Å²) in [6.45, 7) is 0. The van der Waals surface area contributed by atoms with E-state index in [0.717, 1.165) is 4.90 Å². The monoisotopic (exact) mass is 264 g/mol. The highest BCUT2D eigenvalue weighted by molar-refractivity contribution is 9.09. The van der Waals surface area contributed by atoms with Gasteiger partial charge in [-0.2, -0.15) is 0 Å². The highest BCUT2D eigenvalue weighted by Gasteiger charge is 2.02. The lowest BCUT2D eigenvalue weighted by molar-refractivity contribution is 0.226. The third kappa shape index (κ3) is 4.11. The average molecular weight is 265 g/mol. The lowest BCUT2D eigenvalue weighted by atomic mass is 10.4. The Balaban J connectivity index is 2.41. The molecule has 1 nitrogen and oxygen atoms in total. The van der Waals surface area contributed by atoms with Crippen LogP contribution in [-0.4, -0.2) is 22.3 Å². The van der Waals surface area contributed by atoms with Gasteiger partial charge in [-0.3, -0.25) is 0 Å². The van der Waals surface area contributed by atoms with Crippen molar-refractivity contribution in [1.82, 2.24) is 0 Å². The Morgan fingerprint density at radius 2 is 2.00 bits per heavy atom. The van der Waals surface area contributed by atoms with Crippen LogP contribution in [-0.2, 0) is 0 Å². The van der Waals surface area contributed by atoms with E-state index < -0.39 is 0 Å². The maximum atomic E-state index is 12.5. The van der Waals surface area contributed by atoms with Crippen molar-refractivity contribution < 1.29 is 9.50 Å². The van der Waals surface area contributed by atoms with Crippen molar-refractivity contribution in [3.8, 4) is 0 Å². The largest absolute Gasteiger partial charge is 0.391 e. The number of hydrogen-bond donors (Lipinski definition) is 1. The molecule has 1 aromatic carbocycles. The van der Waals surface area contributed by atoms with Gasteiger partial charge in [0.25, 0.3) is 0 Å². The number of hydrogen-bond acceptors (Lipinski definition) is 2. The number of aliphatic hydroxyl groups is 1. The van der Waals surface area contributed by atoms with E-state index in [2.05, 4.69) is 15.9 Å². The van der Waals surface area contributed by atoms with Gasteiger partial charge >= 0.3 is 0 Å². The molecule has 72 valence electrons. The number of aliphatic hydroxyl groups excluding tert-OH is 1. The molecule has 0 saturated heterocycles. The molecule has 4 heteroatoms. The van der Waals surface area contributed by atoms with Crippen molar-refractivity contribution in [2.75, 3.05) is 11.1 Å². The van der Waals surface area contributed by atoms with Crippen LogP contribution in [0.2, 0.25) is 0 Å². The van der Waals surface area contributed by atoms with Crippen LogP contribution in [0.3, 0.4) is 0 Å². The van der Waals surface area contributed by atoms with Crippen LogP contribution in [0.4, 0.5) is 4.39 Å². The molecule has 0 radical (unpaired) electrons. The van der Waals surface area contributed by atoms with Crippen LogP contribution in [0, 0.1) is 5.82 Å². The topological polar surface area (TPSA) is 20.2 Å². The molecule has 0 heterocycles. The quantitative estimate of drug-likeness (QED) is 0.667. The summed E-state index contributed by atoms with van der Waals surface area (Å²) in [7, 11) is 0. The van der Waals surface area contributed by atoms with Gasteiger partial charge in [-0.25, -0.2) is 4.39 Å². The summed E-state index contributed by atoms with van der Waals surface area (Å²) in [4.78, 5) is 0.974. The molecule has 0 spiro atoms. The number of halogens is 2. The molecular weight excluding hydrogens is 255 g/mol. The maximum Gasteiger partial charge on any atom is 0.123 e. The summed E-state index contributed by atoms with van der Waals surface area (Å²) in [6.07, 6.45) is -0.352. The first-order chi connectivity index (χ1) is 6.22. The van der Waals surface area contributed by atoms with E-state index in [0.29, 0.717) is 11.1 Å². The molecule has 0 amide bonds. The molecule has 1 N–H and O–H groups in total. The Labute approximate surface area is 89.5 Å². The van der Waals surface area contributed by atoms with E-state index >= 15 is 0 Å². The molecule has 0 aromatic heterocycles. The number of benzene rings is 1. The second kappa shape index (κ2) is 5.62. The molecule has 1 aromatic rings. The summed E-state index contributed by atoms with van der Waals surface area (Å²) in [5, 5.41) is 9.80. The van der Waals surface area contributed by atoms with E-state index in [1.54, 1.807) is 12.1 Å². The predicted octanol–water partition coefficient (Wildman–Crippen LogP) is 2.67. The minimum absolute atomic E-state index is 0.231. The zero-order valence-corrected chi connectivity index (χ0v) is 9.31. The first-order valence-electron chi connectivity index (χ1n) is 3.85. The van der Waals surface area contributed by atoms with Gasteiger partial charge in [-0.1, -0.05) is 15.9 Å². The van der Waals surface area contributed by atoms with Crippen molar-refractivity contribution in [3.05, 3.63) is 30.1 Å². The van der Waals surface area contributed by atoms with Crippen molar-refractivity contribution in [1.29, 1.82) is 0 Å². The standard InChI is InChI=1S/C9H10BrFOS/c10-5-8(12)6-13-9-3-1-7(11)2-4-9/h1-4,8,12H,5-6H2. The lowest BCUT2D eigenvalue weighted by Gasteiger charge is -2.05. The van der Waals surface area contributed by atoms with E-state index in [9.17, 15) is 9.50 Å². The predicted molar refractivity (Wildman–Crippen MR) is 56.9 cm³/mol. The van der Waals surface area contributed by atoms with E-state index in [1.807, 2.05) is 0 Å². The van der Waals surface area contributed by atoms with Crippen molar-refractivity contribution >= 4 is 27.7 Å². The molecule has 1 unspecified atom stereocenters. The van der Waals surface area contributed by atoms with Gasteiger partial charge < -0.3 is 5.11 Å². The van der Waals surface area contributed by atoms with Gasteiger partial charge in [-0.15, -0.1) is 11.8 Å². The first kappa shape index (κ1) is 11.0. The maximum absolute atomic E-state index is 12.5. The van der Waals surface area contributed by atoms with Gasteiger partial charge in [-0.05, 0) is 24.3 Å². The Hall–Kier alpha value is -0.0600. The normalized spacial score (nSPS) is 12.8. The third-order valence-electron chi connectivity index (χ3n) is 1.43. The molecule has 0 aliphatic rings. The van der Waals surface area contributed by atoms with Crippen LogP contribution in [0.5, 0.6) is 0 Å². The fourth-order valence-electron chi connectivity index (χ4n) is 0.768. The highest BCUT2D eigenvalue weighted by Crippen LogP contribution is 2.19. The Kier molecular flexibility index (Phi) is 4.77. The second-order valence-electron chi connectivity index (χ2n) is 2.57. The van der Waals surface area contributed by atoms with E-state index in [1.165, 1.54) is 23.9 Å². The SMILES string of the molecule is OC(CBr)CSc1ccc(F)cc1. The molecule has 1 atom stereocenters. The first-order valence-corrected chi connectivity index (χ1v) is 5.95. The smallest absolute Gasteiger partial charge is 0.123 e. The minimum Gasteiger partial charge on any atom is -0.391 e. The summed E-state index contributed by atoms with van der Waals surface area (Å²) in [6, 6.07) is 6.26. The van der Waals surface area contributed by atoms with Crippen LogP contribution in [0.1, 0.15) is 0 Å². The second-order valence-corrected chi connectivity index (χ2v) is 4.31. The minimum atomic E-state index is -0.352. The van der Waals surface area contributed by atoms with Crippen molar-refractivity contribution in [2.24, 2.45) is 0 Å². The summed E-state index contributed by atoms with van der Waals surface area (Å²) in [5.41, 5.74) is 0. The van der Waals surface area contributed by atoms with Crippen LogP contribution in [0.25, 0.3) is 0 Å². The van der Waals surface area contributed by atoms with Crippen LogP contribution in [0.15, 0.2) is 29.2 Å². The van der Waals surface area contributed by atoms with E-state index in [-0.39, 0.29) is 11.9 Å². The number of rotatable bonds is 4. The molecular formula is C9H10BrFOS. The average Bonchev–Trinajstić information content (AvgIpc) is 2.16. The Morgan fingerprint density at radius 1 is 1.38 bits per heavy atom. The lowest BCUT2D eigenvalue weighted by Crippen LogP contribution is -2.10. The highest BCUT2D eigenvalue weighted by atomic mass is 79.9. The zero-order valence-electron chi connectivity index (χ0n) is 6.91.